The van der Waals surface area contributed by atoms with Gasteiger partial charge in [-0.1, -0.05) is 24.3 Å². The number of nitrogens with two attached hydrogens (primary N) is 1. The zero-order chi connectivity index (χ0) is 12.7. The minimum Gasteiger partial charge on any atom is -0.396 e. The Bertz CT molecular complexity index is 366. The number of likely N-dealkylation sites (N-methyl/N-ethyl adjacent to an activating group) is 1. The van der Waals surface area contributed by atoms with Gasteiger partial charge in [0.25, 0.3) is 0 Å². The zero-order valence-corrected chi connectivity index (χ0v) is 10.2. The molecule has 0 heterocycles. The third-order valence-electron chi connectivity index (χ3n) is 2.76. The van der Waals surface area contributed by atoms with Crippen LogP contribution in [0.5, 0.6) is 0 Å². The van der Waals surface area contributed by atoms with Crippen LogP contribution in [0.25, 0.3) is 0 Å². The highest BCUT2D eigenvalue weighted by Gasteiger charge is 2.11. The summed E-state index contributed by atoms with van der Waals surface area (Å²) in [5, 5.41) is 8.71. The van der Waals surface area contributed by atoms with Crippen molar-refractivity contribution in [1.29, 1.82) is 0 Å². The van der Waals surface area contributed by atoms with E-state index in [2.05, 4.69) is 0 Å². The van der Waals surface area contributed by atoms with Crippen LogP contribution in [-0.2, 0) is 17.8 Å². The first-order chi connectivity index (χ1) is 8.19. The Morgan fingerprint density at radius 3 is 2.59 bits per heavy atom. The van der Waals surface area contributed by atoms with E-state index >= 15 is 0 Å². The standard InChI is InChI=1S/C13H20N2O2/c1-15(7-4-8-16)13(17)9-11-5-2-3-6-12(11)10-14/h2-3,5-6,16H,4,7-10,14H2,1H3. The molecule has 1 rings (SSSR count). The van der Waals surface area contributed by atoms with Crippen LogP contribution in [0.1, 0.15) is 17.5 Å². The first-order valence-corrected chi connectivity index (χ1v) is 5.80. The third-order valence-corrected chi connectivity index (χ3v) is 2.76. The molecule has 0 saturated carbocycles. The maximum atomic E-state index is 11.9. The van der Waals surface area contributed by atoms with Crippen molar-refractivity contribution < 1.29 is 9.90 Å². The average molecular weight is 236 g/mol. The molecule has 0 spiro atoms. The third kappa shape index (κ3) is 4.17. The molecular weight excluding hydrogens is 216 g/mol. The molecule has 0 aliphatic heterocycles. The summed E-state index contributed by atoms with van der Waals surface area (Å²) in [5.41, 5.74) is 7.62. The van der Waals surface area contributed by atoms with Crippen LogP contribution >= 0.6 is 0 Å². The van der Waals surface area contributed by atoms with Crippen molar-refractivity contribution in [3.8, 4) is 0 Å². The van der Waals surface area contributed by atoms with Gasteiger partial charge >= 0.3 is 0 Å². The summed E-state index contributed by atoms with van der Waals surface area (Å²) in [4.78, 5) is 13.5. The second-order valence-electron chi connectivity index (χ2n) is 4.04. The summed E-state index contributed by atoms with van der Waals surface area (Å²) in [5.74, 6) is 0.0550. The highest BCUT2D eigenvalue weighted by atomic mass is 16.3. The Hall–Kier alpha value is -1.39. The number of benzene rings is 1. The highest BCUT2D eigenvalue weighted by molar-refractivity contribution is 5.78. The monoisotopic (exact) mass is 236 g/mol. The largest absolute Gasteiger partial charge is 0.396 e. The second-order valence-corrected chi connectivity index (χ2v) is 4.04. The number of nitrogens with zero attached hydrogens (tertiary/aromatic N) is 1. The van der Waals surface area contributed by atoms with Gasteiger partial charge in [0, 0.05) is 26.7 Å². The SMILES string of the molecule is CN(CCCO)C(=O)Cc1ccccc1CN. The molecule has 4 nitrogen and oxygen atoms in total. The summed E-state index contributed by atoms with van der Waals surface area (Å²) < 4.78 is 0. The number of aliphatic hydroxyl groups excluding tert-OH is 1. The van der Waals surface area contributed by atoms with E-state index in [0.29, 0.717) is 25.9 Å². The fourth-order valence-electron chi connectivity index (χ4n) is 1.66. The molecule has 0 aromatic heterocycles. The van der Waals surface area contributed by atoms with Crippen LogP contribution in [0, 0.1) is 0 Å². The van der Waals surface area contributed by atoms with Crippen LogP contribution in [0.15, 0.2) is 24.3 Å². The molecule has 0 aliphatic carbocycles. The molecule has 0 aliphatic rings. The fraction of sp³-hybridized carbons (Fsp3) is 0.462. The fourth-order valence-corrected chi connectivity index (χ4v) is 1.66. The van der Waals surface area contributed by atoms with Crippen molar-refractivity contribution in [1.82, 2.24) is 4.90 Å². The first kappa shape index (κ1) is 13.7. The second kappa shape index (κ2) is 7.04. The van der Waals surface area contributed by atoms with Crippen LogP contribution in [0.2, 0.25) is 0 Å². The van der Waals surface area contributed by atoms with Gasteiger partial charge < -0.3 is 15.7 Å². The predicted molar refractivity (Wildman–Crippen MR) is 67.4 cm³/mol. The van der Waals surface area contributed by atoms with E-state index in [1.807, 2.05) is 24.3 Å². The van der Waals surface area contributed by atoms with E-state index in [-0.39, 0.29) is 12.5 Å². The highest BCUT2D eigenvalue weighted by Crippen LogP contribution is 2.09. The van der Waals surface area contributed by atoms with Gasteiger partial charge in [0.1, 0.15) is 0 Å². The molecule has 1 aromatic rings. The molecule has 17 heavy (non-hydrogen) atoms. The first-order valence-electron chi connectivity index (χ1n) is 5.80. The van der Waals surface area contributed by atoms with Crippen molar-refractivity contribution in [3.63, 3.8) is 0 Å². The molecule has 0 fully saturated rings. The summed E-state index contributed by atoms with van der Waals surface area (Å²) >= 11 is 0. The van der Waals surface area contributed by atoms with Crippen molar-refractivity contribution in [2.45, 2.75) is 19.4 Å². The minimum atomic E-state index is 0.0550. The zero-order valence-electron chi connectivity index (χ0n) is 10.2. The van der Waals surface area contributed by atoms with Gasteiger partial charge in [-0.05, 0) is 17.5 Å². The molecular formula is C13H20N2O2. The van der Waals surface area contributed by atoms with Crippen molar-refractivity contribution in [2.24, 2.45) is 5.73 Å². The summed E-state index contributed by atoms with van der Waals surface area (Å²) in [6.45, 7) is 1.14. The van der Waals surface area contributed by atoms with Gasteiger partial charge in [0.15, 0.2) is 0 Å². The molecule has 0 unspecified atom stereocenters. The lowest BCUT2D eigenvalue weighted by atomic mass is 10.0. The number of amides is 1. The smallest absolute Gasteiger partial charge is 0.226 e. The van der Waals surface area contributed by atoms with Crippen LogP contribution < -0.4 is 5.73 Å². The maximum absolute atomic E-state index is 11.9. The Morgan fingerprint density at radius 1 is 1.35 bits per heavy atom. The quantitative estimate of drug-likeness (QED) is 0.757. The topological polar surface area (TPSA) is 66.6 Å². The average Bonchev–Trinajstić information content (AvgIpc) is 2.36. The Balaban J connectivity index is 2.61. The lowest BCUT2D eigenvalue weighted by Gasteiger charge is -2.17. The molecule has 0 atom stereocenters. The van der Waals surface area contributed by atoms with Crippen LogP contribution in [0.4, 0.5) is 0 Å². The van der Waals surface area contributed by atoms with Crippen molar-refractivity contribution in [3.05, 3.63) is 35.4 Å². The van der Waals surface area contributed by atoms with E-state index < -0.39 is 0 Å². The maximum Gasteiger partial charge on any atom is 0.226 e. The molecule has 3 N–H and O–H groups in total. The van der Waals surface area contributed by atoms with Crippen molar-refractivity contribution >= 4 is 5.91 Å². The number of carbonyl (C=O) groups is 1. The van der Waals surface area contributed by atoms with E-state index in [9.17, 15) is 4.79 Å². The van der Waals surface area contributed by atoms with E-state index in [1.54, 1.807) is 11.9 Å². The molecule has 94 valence electrons. The molecule has 1 amide bonds. The summed E-state index contributed by atoms with van der Waals surface area (Å²) in [6, 6.07) is 7.71. The molecule has 1 aromatic carbocycles. The van der Waals surface area contributed by atoms with Gasteiger partial charge in [0.2, 0.25) is 5.91 Å². The summed E-state index contributed by atoms with van der Waals surface area (Å²) in [6.07, 6.45) is 0.982. The normalized spacial score (nSPS) is 10.3. The number of carbonyl (C=O) groups excluding carboxylic acids is 1. The lowest BCUT2D eigenvalue weighted by Crippen LogP contribution is -2.30. The molecule has 0 bridgehead atoms. The Morgan fingerprint density at radius 2 is 2.00 bits per heavy atom. The van der Waals surface area contributed by atoms with Gasteiger partial charge in [0.05, 0.1) is 6.42 Å². The van der Waals surface area contributed by atoms with Gasteiger partial charge in [-0.3, -0.25) is 4.79 Å². The predicted octanol–water partition coefficient (Wildman–Crippen LogP) is 0.529. The van der Waals surface area contributed by atoms with Gasteiger partial charge in [-0.15, -0.1) is 0 Å². The number of hydrogen-bond donors (Lipinski definition) is 2. The van der Waals surface area contributed by atoms with Crippen molar-refractivity contribution in [2.75, 3.05) is 20.2 Å². The Kier molecular flexibility index (Phi) is 5.66. The Labute approximate surface area is 102 Å². The lowest BCUT2D eigenvalue weighted by molar-refractivity contribution is -0.129. The molecule has 0 saturated heterocycles. The number of hydrogen-bond acceptors (Lipinski definition) is 3. The van der Waals surface area contributed by atoms with E-state index in [1.165, 1.54) is 0 Å². The van der Waals surface area contributed by atoms with Crippen LogP contribution in [0.3, 0.4) is 0 Å². The van der Waals surface area contributed by atoms with E-state index in [0.717, 1.165) is 11.1 Å². The number of rotatable bonds is 6. The molecule has 4 heteroatoms. The van der Waals surface area contributed by atoms with E-state index in [4.69, 9.17) is 10.8 Å². The molecule has 0 radical (unpaired) electrons. The minimum absolute atomic E-state index is 0.0550. The van der Waals surface area contributed by atoms with Crippen LogP contribution in [-0.4, -0.2) is 36.1 Å². The van der Waals surface area contributed by atoms with Gasteiger partial charge in [-0.2, -0.15) is 0 Å². The number of aliphatic hydroxyl groups is 1. The van der Waals surface area contributed by atoms with Gasteiger partial charge in [-0.25, -0.2) is 0 Å². The summed E-state index contributed by atoms with van der Waals surface area (Å²) in [7, 11) is 1.75.